The number of carbonyl (C=O) groups excluding carboxylic acids is 1. The van der Waals surface area contributed by atoms with Crippen LogP contribution in [-0.4, -0.2) is 11.7 Å². The minimum absolute atomic E-state index is 0.150. The molecular formula is C15H18FNO2. The molecule has 0 aromatic heterocycles. The number of halogens is 1. The third-order valence-corrected chi connectivity index (χ3v) is 2.14. The Morgan fingerprint density at radius 1 is 1.11 bits per heavy atom. The molecule has 0 aliphatic heterocycles. The zero-order valence-corrected chi connectivity index (χ0v) is 11.3. The van der Waals surface area contributed by atoms with Crippen LogP contribution in [0.4, 0.5) is 9.18 Å². The van der Waals surface area contributed by atoms with E-state index in [1.807, 2.05) is 24.3 Å². The van der Waals surface area contributed by atoms with Gasteiger partial charge in [-0.25, -0.2) is 9.18 Å². The van der Waals surface area contributed by atoms with Crippen LogP contribution in [-0.2, 0) is 4.74 Å². The van der Waals surface area contributed by atoms with E-state index >= 15 is 0 Å². The van der Waals surface area contributed by atoms with E-state index in [2.05, 4.69) is 4.74 Å². The Balaban J connectivity index is 0.000000203. The van der Waals surface area contributed by atoms with Crippen molar-refractivity contribution < 1.29 is 13.9 Å². The molecule has 0 radical (unpaired) electrons. The molecule has 0 heterocycles. The van der Waals surface area contributed by atoms with Crippen molar-refractivity contribution in [1.29, 1.82) is 0 Å². The van der Waals surface area contributed by atoms with Gasteiger partial charge in [0.05, 0.1) is 0 Å². The second-order valence-corrected chi connectivity index (χ2v) is 4.99. The standard InChI is InChI=1S/C10H7F.C5H11NO2/c11-10-7-3-5-8-4-1-2-6-9(8)10;1-5(2,3)8-4(6)7/h1-7H;1-3H3,(H2,6,7). The van der Waals surface area contributed by atoms with Gasteiger partial charge in [0.1, 0.15) is 11.4 Å². The summed E-state index contributed by atoms with van der Waals surface area (Å²) in [5.41, 5.74) is 4.26. The number of benzene rings is 2. The Kier molecular flexibility index (Phi) is 4.87. The lowest BCUT2D eigenvalue weighted by atomic mass is 10.1. The third kappa shape index (κ3) is 5.38. The summed E-state index contributed by atoms with van der Waals surface area (Å²) in [5.74, 6) is -0.150. The lowest BCUT2D eigenvalue weighted by molar-refractivity contribution is 0.0600. The molecule has 0 aliphatic rings. The highest BCUT2D eigenvalue weighted by Gasteiger charge is 2.12. The van der Waals surface area contributed by atoms with Crippen molar-refractivity contribution in [2.24, 2.45) is 5.73 Å². The van der Waals surface area contributed by atoms with Gasteiger partial charge in [0.15, 0.2) is 0 Å². The first-order valence-electron chi connectivity index (χ1n) is 5.91. The average Bonchev–Trinajstić information content (AvgIpc) is 2.27. The maximum Gasteiger partial charge on any atom is 0.405 e. The second kappa shape index (κ2) is 6.18. The minimum atomic E-state index is -0.725. The van der Waals surface area contributed by atoms with Crippen molar-refractivity contribution in [2.45, 2.75) is 26.4 Å². The molecule has 2 rings (SSSR count). The number of amides is 1. The summed E-state index contributed by atoms with van der Waals surface area (Å²) in [4.78, 5) is 10.0. The fourth-order valence-corrected chi connectivity index (χ4v) is 1.49. The number of primary amides is 1. The fraction of sp³-hybridized carbons (Fsp3) is 0.267. The van der Waals surface area contributed by atoms with Gasteiger partial charge in [0.25, 0.3) is 0 Å². The molecule has 19 heavy (non-hydrogen) atoms. The fourth-order valence-electron chi connectivity index (χ4n) is 1.49. The van der Waals surface area contributed by atoms with Gasteiger partial charge in [-0.3, -0.25) is 0 Å². The molecule has 4 heteroatoms. The molecule has 2 N–H and O–H groups in total. The second-order valence-electron chi connectivity index (χ2n) is 4.99. The van der Waals surface area contributed by atoms with Gasteiger partial charge in [0, 0.05) is 5.39 Å². The summed E-state index contributed by atoms with van der Waals surface area (Å²) in [6, 6.07) is 12.5. The molecule has 0 atom stereocenters. The highest BCUT2D eigenvalue weighted by atomic mass is 19.1. The summed E-state index contributed by atoms with van der Waals surface area (Å²) in [5, 5.41) is 1.64. The zero-order chi connectivity index (χ0) is 14.5. The zero-order valence-electron chi connectivity index (χ0n) is 11.3. The van der Waals surface area contributed by atoms with Crippen molar-refractivity contribution in [2.75, 3.05) is 0 Å². The number of rotatable bonds is 0. The monoisotopic (exact) mass is 263 g/mol. The number of hydrogen-bond donors (Lipinski definition) is 1. The van der Waals surface area contributed by atoms with E-state index in [1.165, 1.54) is 6.07 Å². The third-order valence-electron chi connectivity index (χ3n) is 2.14. The first kappa shape index (κ1) is 15.0. The molecule has 2 aromatic carbocycles. The van der Waals surface area contributed by atoms with Crippen molar-refractivity contribution in [3.05, 3.63) is 48.3 Å². The number of hydrogen-bond acceptors (Lipinski definition) is 2. The van der Waals surface area contributed by atoms with E-state index in [-0.39, 0.29) is 5.82 Å². The number of fused-ring (bicyclic) bond motifs is 1. The van der Waals surface area contributed by atoms with Crippen molar-refractivity contribution in [3.63, 3.8) is 0 Å². The number of ether oxygens (including phenoxy) is 1. The van der Waals surface area contributed by atoms with Crippen LogP contribution in [0.2, 0.25) is 0 Å². The highest BCUT2D eigenvalue weighted by Crippen LogP contribution is 2.15. The van der Waals surface area contributed by atoms with E-state index in [0.717, 1.165) is 5.39 Å². The summed E-state index contributed by atoms with van der Waals surface area (Å²) >= 11 is 0. The van der Waals surface area contributed by atoms with Gasteiger partial charge < -0.3 is 10.5 Å². The summed E-state index contributed by atoms with van der Waals surface area (Å²) < 4.78 is 17.6. The Morgan fingerprint density at radius 3 is 2.16 bits per heavy atom. The van der Waals surface area contributed by atoms with E-state index in [9.17, 15) is 9.18 Å². The molecule has 0 saturated heterocycles. The molecule has 0 aliphatic carbocycles. The van der Waals surface area contributed by atoms with E-state index in [1.54, 1.807) is 32.9 Å². The molecule has 2 aromatic rings. The van der Waals surface area contributed by atoms with Crippen LogP contribution in [0.5, 0.6) is 0 Å². The largest absolute Gasteiger partial charge is 0.444 e. The predicted octanol–water partition coefficient (Wildman–Crippen LogP) is 3.86. The van der Waals surface area contributed by atoms with E-state index < -0.39 is 11.7 Å². The van der Waals surface area contributed by atoms with Crippen LogP contribution in [0.25, 0.3) is 10.8 Å². The Labute approximate surface area is 112 Å². The van der Waals surface area contributed by atoms with Gasteiger partial charge in [-0.05, 0) is 32.2 Å². The van der Waals surface area contributed by atoms with Crippen LogP contribution < -0.4 is 5.73 Å². The summed E-state index contributed by atoms with van der Waals surface area (Å²) in [7, 11) is 0. The predicted molar refractivity (Wildman–Crippen MR) is 74.3 cm³/mol. The van der Waals surface area contributed by atoms with Crippen LogP contribution in [0.1, 0.15) is 20.8 Å². The topological polar surface area (TPSA) is 52.3 Å². The maximum absolute atomic E-state index is 13.0. The maximum atomic E-state index is 13.0. The summed E-state index contributed by atoms with van der Waals surface area (Å²) in [6.07, 6.45) is -0.725. The average molecular weight is 263 g/mol. The van der Waals surface area contributed by atoms with Gasteiger partial charge in [-0.1, -0.05) is 36.4 Å². The lowest BCUT2D eigenvalue weighted by Gasteiger charge is -2.16. The first-order valence-corrected chi connectivity index (χ1v) is 5.91. The van der Waals surface area contributed by atoms with E-state index in [4.69, 9.17) is 5.73 Å². The highest BCUT2D eigenvalue weighted by molar-refractivity contribution is 5.82. The molecular weight excluding hydrogens is 245 g/mol. The minimum Gasteiger partial charge on any atom is -0.444 e. The Morgan fingerprint density at radius 2 is 1.68 bits per heavy atom. The van der Waals surface area contributed by atoms with Gasteiger partial charge in [-0.15, -0.1) is 0 Å². The molecule has 1 amide bonds. The molecule has 102 valence electrons. The van der Waals surface area contributed by atoms with Gasteiger partial charge in [-0.2, -0.15) is 0 Å². The van der Waals surface area contributed by atoms with Crippen molar-refractivity contribution in [3.8, 4) is 0 Å². The quantitative estimate of drug-likeness (QED) is 0.784. The molecule has 3 nitrogen and oxygen atoms in total. The van der Waals surface area contributed by atoms with E-state index in [0.29, 0.717) is 5.39 Å². The molecule has 0 unspecified atom stereocenters. The van der Waals surface area contributed by atoms with Crippen LogP contribution in [0, 0.1) is 5.82 Å². The first-order chi connectivity index (χ1) is 8.79. The number of nitrogens with two attached hydrogens (primary N) is 1. The van der Waals surface area contributed by atoms with Crippen LogP contribution in [0.3, 0.4) is 0 Å². The smallest absolute Gasteiger partial charge is 0.405 e. The molecule has 0 spiro atoms. The molecule has 0 bridgehead atoms. The lowest BCUT2D eigenvalue weighted by Crippen LogP contribution is -2.27. The Hall–Kier alpha value is -2.10. The van der Waals surface area contributed by atoms with Gasteiger partial charge in [0.2, 0.25) is 0 Å². The molecule has 0 fully saturated rings. The van der Waals surface area contributed by atoms with Crippen molar-refractivity contribution in [1.82, 2.24) is 0 Å². The van der Waals surface area contributed by atoms with Crippen LogP contribution in [0.15, 0.2) is 42.5 Å². The normalized spacial score (nSPS) is 10.5. The SMILES string of the molecule is CC(C)(C)OC(N)=O.Fc1cccc2ccccc12. The van der Waals surface area contributed by atoms with Crippen molar-refractivity contribution >= 4 is 16.9 Å². The molecule has 0 saturated carbocycles. The summed E-state index contributed by atoms with van der Waals surface area (Å²) in [6.45, 7) is 5.28. The number of carbonyl (C=O) groups is 1. The van der Waals surface area contributed by atoms with Crippen LogP contribution >= 0.6 is 0 Å². The van der Waals surface area contributed by atoms with Gasteiger partial charge >= 0.3 is 6.09 Å². The Bertz CT molecular complexity index is 556.